The Morgan fingerprint density at radius 2 is 2.15 bits per heavy atom. The molecule has 0 aliphatic carbocycles. The molecule has 0 aliphatic rings. The summed E-state index contributed by atoms with van der Waals surface area (Å²) < 4.78 is 1.55. The highest BCUT2D eigenvalue weighted by Gasteiger charge is 2.15. The van der Waals surface area contributed by atoms with E-state index >= 15 is 0 Å². The number of aromatic carboxylic acids is 1. The number of benzene rings is 1. The predicted octanol–water partition coefficient (Wildman–Crippen LogP) is 2.09. The maximum absolute atomic E-state index is 12.1. The molecule has 20 heavy (non-hydrogen) atoms. The number of aryl methyl sites for hydroxylation is 1. The van der Waals surface area contributed by atoms with E-state index in [1.165, 1.54) is 6.07 Å². The summed E-state index contributed by atoms with van der Waals surface area (Å²) in [6.45, 7) is 3.43. The van der Waals surface area contributed by atoms with Crippen LogP contribution in [0.25, 0.3) is 0 Å². The van der Waals surface area contributed by atoms with Crippen molar-refractivity contribution in [3.63, 3.8) is 0 Å². The van der Waals surface area contributed by atoms with Crippen molar-refractivity contribution in [2.45, 2.75) is 19.9 Å². The zero-order valence-electron chi connectivity index (χ0n) is 11.2. The third-order valence-corrected chi connectivity index (χ3v) is 3.03. The molecular weight excluding hydrogens is 258 g/mol. The predicted molar refractivity (Wildman–Crippen MR) is 73.7 cm³/mol. The Morgan fingerprint density at radius 3 is 2.70 bits per heavy atom. The van der Waals surface area contributed by atoms with E-state index in [0.717, 1.165) is 0 Å². The van der Waals surface area contributed by atoms with E-state index in [1.54, 1.807) is 49.1 Å². The molecule has 0 bridgehead atoms. The molecule has 0 saturated carbocycles. The Hall–Kier alpha value is -2.63. The van der Waals surface area contributed by atoms with Gasteiger partial charge in [-0.2, -0.15) is 5.10 Å². The second-order valence-electron chi connectivity index (χ2n) is 4.49. The number of hydrogen-bond donors (Lipinski definition) is 2. The van der Waals surface area contributed by atoms with Gasteiger partial charge in [0.05, 0.1) is 5.56 Å². The number of aromatic nitrogens is 2. The molecule has 1 heterocycles. The lowest BCUT2D eigenvalue weighted by molar-refractivity contribution is -0.119. The molecule has 2 rings (SSSR count). The van der Waals surface area contributed by atoms with Crippen LogP contribution in [0.5, 0.6) is 0 Å². The van der Waals surface area contributed by atoms with E-state index in [2.05, 4.69) is 10.4 Å². The second kappa shape index (κ2) is 5.56. The first-order valence-electron chi connectivity index (χ1n) is 6.13. The van der Waals surface area contributed by atoms with E-state index in [4.69, 9.17) is 5.11 Å². The van der Waals surface area contributed by atoms with E-state index < -0.39 is 12.0 Å². The second-order valence-corrected chi connectivity index (χ2v) is 4.49. The smallest absolute Gasteiger partial charge is 0.335 e. The van der Waals surface area contributed by atoms with Crippen molar-refractivity contribution in [2.24, 2.45) is 0 Å². The Kier molecular flexibility index (Phi) is 3.84. The number of anilines is 1. The summed E-state index contributed by atoms with van der Waals surface area (Å²) in [5, 5.41) is 15.7. The van der Waals surface area contributed by atoms with Gasteiger partial charge in [0.25, 0.3) is 0 Å². The van der Waals surface area contributed by atoms with Crippen molar-refractivity contribution < 1.29 is 14.7 Å². The summed E-state index contributed by atoms with van der Waals surface area (Å²) in [6.07, 6.45) is 3.32. The molecule has 1 aromatic carbocycles. The lowest BCUT2D eigenvalue weighted by Gasteiger charge is -2.13. The minimum absolute atomic E-state index is 0.212. The largest absolute Gasteiger partial charge is 0.478 e. The average Bonchev–Trinajstić information content (AvgIpc) is 2.91. The quantitative estimate of drug-likeness (QED) is 0.893. The first kappa shape index (κ1) is 13.8. The number of rotatable bonds is 4. The molecule has 0 spiro atoms. The van der Waals surface area contributed by atoms with Gasteiger partial charge in [0.1, 0.15) is 6.04 Å². The summed E-state index contributed by atoms with van der Waals surface area (Å²) in [5.74, 6) is -1.19. The van der Waals surface area contributed by atoms with Gasteiger partial charge in [-0.1, -0.05) is 0 Å². The zero-order valence-corrected chi connectivity index (χ0v) is 11.2. The van der Waals surface area contributed by atoms with Gasteiger partial charge in [0, 0.05) is 18.1 Å². The highest BCUT2D eigenvalue weighted by atomic mass is 16.4. The number of carbonyl (C=O) groups excluding carboxylic acids is 1. The molecule has 6 nitrogen and oxygen atoms in total. The van der Waals surface area contributed by atoms with Crippen molar-refractivity contribution in [1.82, 2.24) is 9.78 Å². The molecule has 0 aliphatic heterocycles. The van der Waals surface area contributed by atoms with Crippen molar-refractivity contribution in [1.29, 1.82) is 0 Å². The van der Waals surface area contributed by atoms with Gasteiger partial charge >= 0.3 is 5.97 Å². The number of hydrogen-bond acceptors (Lipinski definition) is 3. The van der Waals surface area contributed by atoms with Crippen molar-refractivity contribution >= 4 is 17.6 Å². The molecule has 1 aromatic heterocycles. The minimum atomic E-state index is -0.981. The van der Waals surface area contributed by atoms with E-state index in [9.17, 15) is 9.59 Å². The number of amides is 1. The molecular formula is C14H15N3O3. The fraction of sp³-hybridized carbons (Fsp3) is 0.214. The minimum Gasteiger partial charge on any atom is -0.478 e. The lowest BCUT2D eigenvalue weighted by Crippen LogP contribution is -2.24. The fourth-order valence-electron chi connectivity index (χ4n) is 1.86. The number of carboxylic acid groups (broad SMARTS) is 1. The maximum atomic E-state index is 12.1. The summed E-state index contributed by atoms with van der Waals surface area (Å²) in [5.41, 5.74) is 1.39. The molecule has 2 aromatic rings. The van der Waals surface area contributed by atoms with Crippen LogP contribution in [0.3, 0.4) is 0 Å². The van der Waals surface area contributed by atoms with Crippen LogP contribution < -0.4 is 5.32 Å². The first-order valence-corrected chi connectivity index (χ1v) is 6.13. The lowest BCUT2D eigenvalue weighted by atomic mass is 10.1. The van der Waals surface area contributed by atoms with Gasteiger partial charge < -0.3 is 10.4 Å². The summed E-state index contributed by atoms with van der Waals surface area (Å²) in [7, 11) is 0. The van der Waals surface area contributed by atoms with Gasteiger partial charge in [-0.05, 0) is 43.7 Å². The first-order chi connectivity index (χ1) is 9.49. The van der Waals surface area contributed by atoms with Crippen molar-refractivity contribution in [3.05, 3.63) is 47.8 Å². The summed E-state index contributed by atoms with van der Waals surface area (Å²) >= 11 is 0. The third kappa shape index (κ3) is 2.85. The normalized spacial score (nSPS) is 11.9. The molecule has 1 atom stereocenters. The fourth-order valence-corrected chi connectivity index (χ4v) is 1.86. The molecule has 0 fully saturated rings. The number of nitrogens with one attached hydrogen (secondary N) is 1. The number of carbonyl (C=O) groups is 2. The average molecular weight is 273 g/mol. The molecule has 104 valence electrons. The van der Waals surface area contributed by atoms with Crippen LogP contribution in [0.4, 0.5) is 5.69 Å². The van der Waals surface area contributed by atoms with Gasteiger partial charge in [0.2, 0.25) is 5.91 Å². The van der Waals surface area contributed by atoms with Crippen LogP contribution in [0.2, 0.25) is 0 Å². The maximum Gasteiger partial charge on any atom is 0.335 e. The standard InChI is InChI=1S/C14H15N3O3/c1-9-8-11(4-5-12(9)14(19)20)16-13(18)10(2)17-7-3-6-15-17/h3-8,10H,1-2H3,(H,16,18)(H,19,20). The zero-order chi connectivity index (χ0) is 14.7. The molecule has 2 N–H and O–H groups in total. The van der Waals surface area contributed by atoms with Crippen LogP contribution in [0.1, 0.15) is 28.9 Å². The van der Waals surface area contributed by atoms with Gasteiger partial charge in [-0.3, -0.25) is 9.48 Å². The monoisotopic (exact) mass is 273 g/mol. The van der Waals surface area contributed by atoms with Gasteiger partial charge in [-0.15, -0.1) is 0 Å². The Balaban J connectivity index is 2.12. The highest BCUT2D eigenvalue weighted by molar-refractivity contribution is 5.95. The topological polar surface area (TPSA) is 84.2 Å². The van der Waals surface area contributed by atoms with Crippen LogP contribution in [0.15, 0.2) is 36.7 Å². The Bertz CT molecular complexity index is 635. The van der Waals surface area contributed by atoms with Crippen LogP contribution in [-0.4, -0.2) is 26.8 Å². The summed E-state index contributed by atoms with van der Waals surface area (Å²) in [6, 6.07) is 5.99. The number of nitrogens with zero attached hydrogens (tertiary/aromatic N) is 2. The van der Waals surface area contributed by atoms with Crippen molar-refractivity contribution in [3.8, 4) is 0 Å². The highest BCUT2D eigenvalue weighted by Crippen LogP contribution is 2.16. The molecule has 0 saturated heterocycles. The molecule has 0 radical (unpaired) electrons. The van der Waals surface area contributed by atoms with Crippen LogP contribution in [-0.2, 0) is 4.79 Å². The molecule has 1 unspecified atom stereocenters. The third-order valence-electron chi connectivity index (χ3n) is 3.03. The van der Waals surface area contributed by atoms with Crippen molar-refractivity contribution in [2.75, 3.05) is 5.32 Å². The summed E-state index contributed by atoms with van der Waals surface area (Å²) in [4.78, 5) is 23.0. The van der Waals surface area contributed by atoms with E-state index in [-0.39, 0.29) is 11.5 Å². The number of carboxylic acids is 1. The SMILES string of the molecule is Cc1cc(NC(=O)C(C)n2cccn2)ccc1C(=O)O. The van der Waals surface area contributed by atoms with E-state index in [1.807, 2.05) is 0 Å². The molecule has 6 heteroatoms. The molecule has 1 amide bonds. The Morgan fingerprint density at radius 1 is 1.40 bits per heavy atom. The van der Waals surface area contributed by atoms with Crippen LogP contribution >= 0.6 is 0 Å². The van der Waals surface area contributed by atoms with Gasteiger partial charge in [0.15, 0.2) is 0 Å². The van der Waals surface area contributed by atoms with Gasteiger partial charge in [-0.25, -0.2) is 4.79 Å². The van der Waals surface area contributed by atoms with Crippen LogP contribution in [0, 0.1) is 6.92 Å². The Labute approximate surface area is 116 Å². The van der Waals surface area contributed by atoms with E-state index in [0.29, 0.717) is 11.3 Å².